The number of hydrogen-bond acceptors (Lipinski definition) is 5. The van der Waals surface area contributed by atoms with Crippen molar-refractivity contribution in [1.82, 2.24) is 15.0 Å². The fourth-order valence-electron chi connectivity index (χ4n) is 2.35. The van der Waals surface area contributed by atoms with Crippen molar-refractivity contribution in [2.75, 3.05) is 0 Å². The fraction of sp³-hybridized carbons (Fsp3) is 0.312. The van der Waals surface area contributed by atoms with Gasteiger partial charge in [0.1, 0.15) is 15.7 Å². The molecule has 138 valence electrons. The van der Waals surface area contributed by atoms with Crippen LogP contribution in [0.5, 0.6) is 0 Å². The number of hydrogen-bond donors (Lipinski definition) is 1. The van der Waals surface area contributed by atoms with Gasteiger partial charge in [-0.3, -0.25) is 4.79 Å². The standard InChI is InChI=1S/C16H13ClF3N3OS2/c1-6-7(2)25-15-11(6)13(24)22-12(23-15)8(3)26-14-10(17)4-9(5-21-14)16(18,19)20/h4-5,8H,1-3H3,(H,22,23,24)/t8-/m0/s1. The van der Waals surface area contributed by atoms with Gasteiger partial charge in [-0.2, -0.15) is 13.2 Å². The molecule has 0 saturated carbocycles. The monoisotopic (exact) mass is 419 g/mol. The second-order valence-corrected chi connectivity index (χ2v) is 8.62. The van der Waals surface area contributed by atoms with Gasteiger partial charge in [-0.25, -0.2) is 9.97 Å². The van der Waals surface area contributed by atoms with E-state index in [1.54, 1.807) is 6.92 Å². The topological polar surface area (TPSA) is 58.6 Å². The van der Waals surface area contributed by atoms with Crippen molar-refractivity contribution in [2.24, 2.45) is 0 Å². The number of nitrogens with one attached hydrogen (secondary N) is 1. The van der Waals surface area contributed by atoms with Crippen LogP contribution in [0.4, 0.5) is 13.2 Å². The van der Waals surface area contributed by atoms with Crippen LogP contribution < -0.4 is 5.56 Å². The van der Waals surface area contributed by atoms with Gasteiger partial charge < -0.3 is 4.98 Å². The first kappa shape index (κ1) is 19.2. The van der Waals surface area contributed by atoms with Crippen molar-refractivity contribution in [3.63, 3.8) is 0 Å². The minimum Gasteiger partial charge on any atom is -0.309 e. The molecule has 0 unspecified atom stereocenters. The highest BCUT2D eigenvalue weighted by atomic mass is 35.5. The highest BCUT2D eigenvalue weighted by Crippen LogP contribution is 2.39. The van der Waals surface area contributed by atoms with Gasteiger partial charge >= 0.3 is 6.18 Å². The zero-order chi connectivity index (χ0) is 19.2. The summed E-state index contributed by atoms with van der Waals surface area (Å²) in [4.78, 5) is 25.0. The highest BCUT2D eigenvalue weighted by molar-refractivity contribution is 7.99. The van der Waals surface area contributed by atoms with E-state index < -0.39 is 11.7 Å². The number of alkyl halides is 3. The SMILES string of the molecule is Cc1sc2nc([C@H](C)Sc3ncc(C(F)(F)F)cc3Cl)[nH]c(=O)c2c1C. The highest BCUT2D eigenvalue weighted by Gasteiger charge is 2.31. The number of aryl methyl sites for hydroxylation is 2. The zero-order valence-electron chi connectivity index (χ0n) is 13.9. The number of fused-ring (bicyclic) bond motifs is 1. The predicted octanol–water partition coefficient (Wildman–Crippen LogP) is 5.52. The molecule has 10 heteroatoms. The van der Waals surface area contributed by atoms with E-state index in [9.17, 15) is 18.0 Å². The number of aromatic nitrogens is 3. The summed E-state index contributed by atoms with van der Waals surface area (Å²) in [6, 6.07) is 0.842. The molecule has 4 nitrogen and oxygen atoms in total. The summed E-state index contributed by atoms with van der Waals surface area (Å²) in [5, 5.41) is 0.368. The molecule has 0 aliphatic carbocycles. The Kier molecular flexibility index (Phi) is 5.06. The van der Waals surface area contributed by atoms with Crippen LogP contribution in [-0.2, 0) is 6.18 Å². The molecule has 0 aliphatic heterocycles. The van der Waals surface area contributed by atoms with Gasteiger partial charge in [0.25, 0.3) is 5.56 Å². The lowest BCUT2D eigenvalue weighted by Crippen LogP contribution is -2.12. The summed E-state index contributed by atoms with van der Waals surface area (Å²) in [5.41, 5.74) is -0.235. The minimum absolute atomic E-state index is 0.0945. The lowest BCUT2D eigenvalue weighted by Gasteiger charge is -2.12. The first-order chi connectivity index (χ1) is 12.1. The van der Waals surface area contributed by atoms with Gasteiger partial charge in [-0.05, 0) is 32.4 Å². The molecule has 1 atom stereocenters. The summed E-state index contributed by atoms with van der Waals surface area (Å²) < 4.78 is 38.1. The van der Waals surface area contributed by atoms with Crippen LogP contribution in [0.1, 0.15) is 34.0 Å². The number of halogens is 4. The minimum atomic E-state index is -4.50. The quantitative estimate of drug-likeness (QED) is 0.568. The summed E-state index contributed by atoms with van der Waals surface area (Å²) in [7, 11) is 0. The van der Waals surface area contributed by atoms with Crippen molar-refractivity contribution < 1.29 is 13.2 Å². The molecule has 3 rings (SSSR count). The van der Waals surface area contributed by atoms with E-state index in [1.807, 2.05) is 13.8 Å². The maximum Gasteiger partial charge on any atom is 0.417 e. The predicted molar refractivity (Wildman–Crippen MR) is 98.2 cm³/mol. The Morgan fingerprint density at radius 2 is 2.04 bits per heavy atom. The van der Waals surface area contributed by atoms with Crippen LogP contribution in [-0.4, -0.2) is 15.0 Å². The third kappa shape index (κ3) is 3.60. The van der Waals surface area contributed by atoms with Gasteiger partial charge in [-0.15, -0.1) is 11.3 Å². The van der Waals surface area contributed by atoms with Crippen LogP contribution in [0.15, 0.2) is 22.1 Å². The Balaban J connectivity index is 1.92. The molecule has 0 fully saturated rings. The molecule has 0 spiro atoms. The molecule has 0 bridgehead atoms. The van der Waals surface area contributed by atoms with E-state index in [2.05, 4.69) is 15.0 Å². The number of H-pyrrole nitrogens is 1. The van der Waals surface area contributed by atoms with Crippen LogP contribution >= 0.6 is 34.7 Å². The number of aromatic amines is 1. The smallest absolute Gasteiger partial charge is 0.309 e. The molecular formula is C16H13ClF3N3OS2. The van der Waals surface area contributed by atoms with Crippen molar-refractivity contribution >= 4 is 44.9 Å². The van der Waals surface area contributed by atoms with Crippen LogP contribution in [0.25, 0.3) is 10.2 Å². The Morgan fingerprint density at radius 3 is 2.65 bits per heavy atom. The molecule has 3 heterocycles. The third-order valence-electron chi connectivity index (χ3n) is 3.87. The van der Waals surface area contributed by atoms with E-state index in [4.69, 9.17) is 11.6 Å². The van der Waals surface area contributed by atoms with Crippen LogP contribution in [0.2, 0.25) is 5.02 Å². The summed E-state index contributed by atoms with van der Waals surface area (Å²) in [6.07, 6.45) is -3.76. The molecule has 3 aromatic rings. The zero-order valence-corrected chi connectivity index (χ0v) is 16.3. The van der Waals surface area contributed by atoms with Crippen molar-refractivity contribution in [1.29, 1.82) is 0 Å². The number of nitrogens with zero attached hydrogens (tertiary/aromatic N) is 2. The van der Waals surface area contributed by atoms with E-state index in [-0.39, 0.29) is 20.9 Å². The second-order valence-electron chi connectivity index (χ2n) is 5.68. The largest absolute Gasteiger partial charge is 0.417 e. The average Bonchev–Trinajstić information content (AvgIpc) is 2.83. The van der Waals surface area contributed by atoms with Gasteiger partial charge in [-0.1, -0.05) is 23.4 Å². The number of pyridine rings is 1. The molecule has 0 aromatic carbocycles. The Labute approximate surface area is 159 Å². The molecule has 3 aromatic heterocycles. The normalized spacial score (nSPS) is 13.3. The second kappa shape index (κ2) is 6.86. The number of rotatable bonds is 3. The van der Waals surface area contributed by atoms with Gasteiger partial charge in [0.05, 0.1) is 21.2 Å². The van der Waals surface area contributed by atoms with E-state index >= 15 is 0 Å². The van der Waals surface area contributed by atoms with Crippen molar-refractivity contribution in [2.45, 2.75) is 37.2 Å². The fourth-order valence-corrected chi connectivity index (χ4v) is 4.53. The van der Waals surface area contributed by atoms with E-state index in [0.717, 1.165) is 34.5 Å². The Morgan fingerprint density at radius 1 is 1.35 bits per heavy atom. The molecule has 0 saturated heterocycles. The number of thiophene rings is 1. The van der Waals surface area contributed by atoms with Gasteiger partial charge in [0.2, 0.25) is 0 Å². The van der Waals surface area contributed by atoms with Gasteiger partial charge in [0.15, 0.2) is 0 Å². The van der Waals surface area contributed by atoms with E-state index in [0.29, 0.717) is 16.0 Å². The molecular weight excluding hydrogens is 407 g/mol. The Bertz CT molecular complexity index is 1050. The molecule has 0 radical (unpaired) electrons. The summed E-state index contributed by atoms with van der Waals surface area (Å²) >= 11 is 8.51. The van der Waals surface area contributed by atoms with Crippen molar-refractivity contribution in [3.8, 4) is 0 Å². The van der Waals surface area contributed by atoms with Crippen LogP contribution in [0.3, 0.4) is 0 Å². The lowest BCUT2D eigenvalue weighted by atomic mass is 10.2. The van der Waals surface area contributed by atoms with Gasteiger partial charge in [0, 0.05) is 11.1 Å². The maximum atomic E-state index is 12.7. The summed E-state index contributed by atoms with van der Waals surface area (Å²) in [6.45, 7) is 5.57. The molecule has 0 amide bonds. The molecule has 26 heavy (non-hydrogen) atoms. The Hall–Kier alpha value is -1.58. The van der Waals surface area contributed by atoms with Crippen LogP contribution in [0, 0.1) is 13.8 Å². The first-order valence-electron chi connectivity index (χ1n) is 7.47. The van der Waals surface area contributed by atoms with Crippen molar-refractivity contribution in [3.05, 3.63) is 49.5 Å². The summed E-state index contributed by atoms with van der Waals surface area (Å²) in [5.74, 6) is 0.423. The molecule has 0 aliphatic rings. The third-order valence-corrected chi connectivity index (χ3v) is 6.49. The lowest BCUT2D eigenvalue weighted by molar-refractivity contribution is -0.137. The first-order valence-corrected chi connectivity index (χ1v) is 9.54. The molecule has 1 N–H and O–H groups in total. The van der Waals surface area contributed by atoms with E-state index in [1.165, 1.54) is 11.3 Å². The average molecular weight is 420 g/mol. The number of thioether (sulfide) groups is 1. The maximum absolute atomic E-state index is 12.7.